The topological polar surface area (TPSA) is 112 Å². The third kappa shape index (κ3) is 4.23. The molecule has 2 aliphatic heterocycles. The van der Waals surface area contributed by atoms with E-state index >= 15 is 0 Å². The molecule has 11 heteroatoms. The zero-order valence-corrected chi connectivity index (χ0v) is 19.7. The second kappa shape index (κ2) is 9.06. The maximum atomic E-state index is 13.0. The van der Waals surface area contributed by atoms with Crippen molar-refractivity contribution in [3.8, 4) is 5.95 Å². The fraction of sp³-hybridized carbons (Fsp3) is 0.417. The van der Waals surface area contributed by atoms with Crippen LogP contribution in [-0.2, 0) is 0 Å². The number of pyridine rings is 1. The van der Waals surface area contributed by atoms with Crippen LogP contribution in [0.4, 0.5) is 5.69 Å². The smallest absolute Gasteiger partial charge is 0.291 e. The highest BCUT2D eigenvalue weighted by Gasteiger charge is 2.29. The number of amides is 1. The number of piperazine rings is 1. The third-order valence-electron chi connectivity index (χ3n) is 7.04. The minimum Gasteiger partial charge on any atom is -0.368 e. The van der Waals surface area contributed by atoms with Crippen molar-refractivity contribution in [1.82, 2.24) is 44.5 Å². The molecule has 2 aliphatic rings. The zero-order chi connectivity index (χ0) is 23.8. The van der Waals surface area contributed by atoms with Crippen LogP contribution >= 0.6 is 0 Å². The molecular formula is C24H28N10O. The Bertz CT molecular complexity index is 1320. The molecule has 0 atom stereocenters. The van der Waals surface area contributed by atoms with Crippen LogP contribution in [0.3, 0.4) is 0 Å². The largest absolute Gasteiger partial charge is 0.368 e. The lowest BCUT2D eigenvalue weighted by Gasteiger charge is -2.34. The maximum Gasteiger partial charge on any atom is 0.291 e. The summed E-state index contributed by atoms with van der Waals surface area (Å²) in [5.41, 5.74) is 3.83. The molecule has 2 saturated heterocycles. The van der Waals surface area contributed by atoms with E-state index in [-0.39, 0.29) is 17.6 Å². The van der Waals surface area contributed by atoms with Gasteiger partial charge in [0.2, 0.25) is 5.82 Å². The van der Waals surface area contributed by atoms with Crippen LogP contribution in [0.1, 0.15) is 35.1 Å². The van der Waals surface area contributed by atoms with E-state index in [1.54, 1.807) is 10.9 Å². The van der Waals surface area contributed by atoms with Crippen LogP contribution in [-0.4, -0.2) is 96.7 Å². The molecule has 0 saturated carbocycles. The molecule has 0 unspecified atom stereocenters. The standard InChI is InChI=1S/C24H28N10O/c1-31-10-12-32(13-11-31)18-14-19-21(25-15-18)20(27-16-26-19)17-4-8-33(9-5-17)23(35)22-28-24(30-29-22)34-6-2-3-7-34/h2-3,6-7,14-17H,4-5,8-13H2,1H3,(H,28,29,30). The number of likely N-dealkylation sites (tertiary alicyclic amines) is 1. The first kappa shape index (κ1) is 21.7. The van der Waals surface area contributed by atoms with E-state index < -0.39 is 0 Å². The van der Waals surface area contributed by atoms with E-state index in [9.17, 15) is 4.79 Å². The Morgan fingerprint density at radius 3 is 2.54 bits per heavy atom. The fourth-order valence-electron chi connectivity index (χ4n) is 4.93. The van der Waals surface area contributed by atoms with Crippen molar-refractivity contribution in [3.63, 3.8) is 0 Å². The molecule has 0 aliphatic carbocycles. The van der Waals surface area contributed by atoms with E-state index in [1.807, 2.05) is 35.6 Å². The van der Waals surface area contributed by atoms with Crippen LogP contribution in [0.2, 0.25) is 0 Å². The van der Waals surface area contributed by atoms with Crippen LogP contribution in [0.15, 0.2) is 43.1 Å². The fourth-order valence-corrected chi connectivity index (χ4v) is 4.93. The molecule has 180 valence electrons. The van der Waals surface area contributed by atoms with Gasteiger partial charge in [-0.15, -0.1) is 5.10 Å². The summed E-state index contributed by atoms with van der Waals surface area (Å²) in [4.78, 5) is 37.8. The lowest BCUT2D eigenvalue weighted by atomic mass is 9.92. The summed E-state index contributed by atoms with van der Waals surface area (Å²) in [5.74, 6) is 0.828. The van der Waals surface area contributed by atoms with Crippen LogP contribution in [0.25, 0.3) is 17.0 Å². The molecule has 11 nitrogen and oxygen atoms in total. The van der Waals surface area contributed by atoms with Gasteiger partial charge < -0.3 is 14.7 Å². The predicted octanol–water partition coefficient (Wildman–Crippen LogP) is 1.71. The lowest BCUT2D eigenvalue weighted by molar-refractivity contribution is 0.0700. The number of carbonyl (C=O) groups excluding carboxylic acids is 1. The maximum absolute atomic E-state index is 13.0. The van der Waals surface area contributed by atoms with Gasteiger partial charge in [0.15, 0.2) is 0 Å². The van der Waals surface area contributed by atoms with Crippen LogP contribution in [0.5, 0.6) is 0 Å². The van der Waals surface area contributed by atoms with Crippen molar-refractivity contribution in [2.45, 2.75) is 18.8 Å². The van der Waals surface area contributed by atoms with Crippen molar-refractivity contribution in [1.29, 1.82) is 0 Å². The quantitative estimate of drug-likeness (QED) is 0.478. The highest BCUT2D eigenvalue weighted by Crippen LogP contribution is 2.31. The van der Waals surface area contributed by atoms with Gasteiger partial charge in [-0.2, -0.15) is 4.98 Å². The van der Waals surface area contributed by atoms with Gasteiger partial charge in [-0.3, -0.25) is 19.4 Å². The van der Waals surface area contributed by atoms with Gasteiger partial charge in [0, 0.05) is 57.6 Å². The number of nitrogens with one attached hydrogen (secondary N) is 1. The van der Waals surface area contributed by atoms with Gasteiger partial charge in [-0.1, -0.05) is 0 Å². The molecule has 4 aromatic rings. The number of piperidine rings is 1. The Balaban J connectivity index is 1.14. The normalized spacial score (nSPS) is 17.9. The number of likely N-dealkylation sites (N-methyl/N-ethyl adjacent to an activating group) is 1. The summed E-state index contributed by atoms with van der Waals surface area (Å²) in [6.45, 7) is 5.35. The molecule has 0 spiro atoms. The van der Waals surface area contributed by atoms with Crippen molar-refractivity contribution in [3.05, 3.63) is 54.6 Å². The van der Waals surface area contributed by atoms with Gasteiger partial charge in [0.05, 0.1) is 23.1 Å². The van der Waals surface area contributed by atoms with E-state index in [1.165, 1.54) is 0 Å². The zero-order valence-electron chi connectivity index (χ0n) is 19.7. The van der Waals surface area contributed by atoms with E-state index in [4.69, 9.17) is 4.98 Å². The Hall–Kier alpha value is -3.86. The second-order valence-corrected chi connectivity index (χ2v) is 9.25. The predicted molar refractivity (Wildman–Crippen MR) is 131 cm³/mol. The number of hydrogen-bond donors (Lipinski definition) is 1. The summed E-state index contributed by atoms with van der Waals surface area (Å²) >= 11 is 0. The minimum atomic E-state index is -0.128. The molecule has 0 bridgehead atoms. The number of carbonyl (C=O) groups is 1. The Labute approximate surface area is 202 Å². The van der Waals surface area contributed by atoms with Crippen molar-refractivity contribution < 1.29 is 4.79 Å². The molecule has 1 N–H and O–H groups in total. The van der Waals surface area contributed by atoms with Crippen molar-refractivity contribution >= 4 is 22.6 Å². The van der Waals surface area contributed by atoms with E-state index in [0.29, 0.717) is 19.0 Å². The number of aromatic amines is 1. The monoisotopic (exact) mass is 472 g/mol. The molecule has 1 amide bonds. The van der Waals surface area contributed by atoms with E-state index in [0.717, 1.165) is 61.4 Å². The average Bonchev–Trinajstić information content (AvgIpc) is 3.61. The number of rotatable bonds is 4. The second-order valence-electron chi connectivity index (χ2n) is 9.25. The number of nitrogens with zero attached hydrogens (tertiary/aromatic N) is 9. The summed E-state index contributed by atoms with van der Waals surface area (Å²) in [7, 11) is 2.15. The molecule has 4 aromatic heterocycles. The third-order valence-corrected chi connectivity index (χ3v) is 7.04. The highest BCUT2D eigenvalue weighted by atomic mass is 16.2. The molecule has 6 heterocycles. The summed E-state index contributed by atoms with van der Waals surface area (Å²) < 4.78 is 1.77. The Kier molecular flexibility index (Phi) is 5.61. The van der Waals surface area contributed by atoms with Gasteiger partial charge in [0.25, 0.3) is 11.9 Å². The van der Waals surface area contributed by atoms with Gasteiger partial charge in [-0.05, 0) is 38.1 Å². The first-order valence-corrected chi connectivity index (χ1v) is 12.0. The van der Waals surface area contributed by atoms with Gasteiger partial charge >= 0.3 is 0 Å². The molecule has 0 aromatic carbocycles. The van der Waals surface area contributed by atoms with Crippen LogP contribution < -0.4 is 4.90 Å². The number of aromatic nitrogens is 7. The van der Waals surface area contributed by atoms with Gasteiger partial charge in [0.1, 0.15) is 11.8 Å². The molecule has 35 heavy (non-hydrogen) atoms. The van der Waals surface area contributed by atoms with Crippen molar-refractivity contribution in [2.75, 3.05) is 51.2 Å². The summed E-state index contributed by atoms with van der Waals surface area (Å²) in [5, 5.41) is 6.95. The Morgan fingerprint density at radius 1 is 1.00 bits per heavy atom. The number of fused-ring (bicyclic) bond motifs is 1. The summed E-state index contributed by atoms with van der Waals surface area (Å²) in [6, 6.07) is 5.91. The number of H-pyrrole nitrogens is 1. The molecule has 6 rings (SSSR count). The first-order valence-electron chi connectivity index (χ1n) is 12.0. The lowest BCUT2D eigenvalue weighted by Crippen LogP contribution is -2.44. The number of anilines is 1. The highest BCUT2D eigenvalue weighted by molar-refractivity contribution is 5.90. The number of hydrogen-bond acceptors (Lipinski definition) is 8. The molecule has 0 radical (unpaired) electrons. The molecule has 2 fully saturated rings. The molecular weight excluding hydrogens is 444 g/mol. The Morgan fingerprint density at radius 2 is 1.77 bits per heavy atom. The SMILES string of the molecule is CN1CCN(c2cnc3c(C4CCN(C(=O)c5nc(-n6cccc6)n[nH]5)CC4)ncnc3c2)CC1. The average molecular weight is 473 g/mol. The minimum absolute atomic E-state index is 0.128. The van der Waals surface area contributed by atoms with Crippen LogP contribution in [0, 0.1) is 0 Å². The van der Waals surface area contributed by atoms with E-state index in [2.05, 4.69) is 48.1 Å². The first-order chi connectivity index (χ1) is 17.2. The van der Waals surface area contributed by atoms with Gasteiger partial charge in [-0.25, -0.2) is 9.97 Å². The van der Waals surface area contributed by atoms with Crippen molar-refractivity contribution in [2.24, 2.45) is 0 Å². The summed E-state index contributed by atoms with van der Waals surface area (Å²) in [6.07, 6.45) is 8.91.